The van der Waals surface area contributed by atoms with E-state index in [1.165, 1.54) is 0 Å². The summed E-state index contributed by atoms with van der Waals surface area (Å²) in [5.74, 6) is -0.0554. The normalized spacial score (nSPS) is 11.6. The molecule has 4 aromatic carbocycles. The van der Waals surface area contributed by atoms with Crippen molar-refractivity contribution < 1.29 is 13.2 Å². The Kier molecular flexibility index (Phi) is 6.17. The van der Waals surface area contributed by atoms with Crippen LogP contribution in [0.3, 0.4) is 0 Å². The number of amides is 1. The molecule has 182 valence electrons. The molecule has 0 aliphatic carbocycles. The number of benzene rings is 4. The minimum absolute atomic E-state index is 0.0554. The van der Waals surface area contributed by atoms with Crippen molar-refractivity contribution in [3.63, 3.8) is 0 Å². The van der Waals surface area contributed by atoms with E-state index in [1.807, 2.05) is 35.0 Å². The lowest BCUT2D eigenvalue weighted by Gasteiger charge is -2.14. The quantitative estimate of drug-likeness (QED) is 0.292. The van der Waals surface area contributed by atoms with Gasteiger partial charge in [0.2, 0.25) is 5.91 Å². The lowest BCUT2D eigenvalue weighted by atomic mass is 9.94. The molecule has 0 bridgehead atoms. The summed E-state index contributed by atoms with van der Waals surface area (Å²) in [4.78, 5) is 11.9. The van der Waals surface area contributed by atoms with Crippen molar-refractivity contribution in [2.45, 2.75) is 12.8 Å². The molecule has 9 heteroatoms. The number of aryl methyl sites for hydroxylation is 1. The van der Waals surface area contributed by atoms with Gasteiger partial charge in [-0.3, -0.25) is 9.52 Å². The molecule has 1 heterocycles. The molecule has 8 nitrogen and oxygen atoms in total. The minimum Gasteiger partial charge on any atom is -0.359 e. The second-order valence-corrected chi connectivity index (χ2v) is 9.79. The largest absolute Gasteiger partial charge is 0.359 e. The Bertz CT molecular complexity index is 1640. The number of anilines is 1. The van der Waals surface area contributed by atoms with Gasteiger partial charge in [-0.2, -0.15) is 13.5 Å². The summed E-state index contributed by atoms with van der Waals surface area (Å²) >= 11 is 0. The first-order valence-corrected chi connectivity index (χ1v) is 13.0. The topological polar surface area (TPSA) is 119 Å². The predicted molar refractivity (Wildman–Crippen MR) is 143 cm³/mol. The molecule has 0 unspecified atom stereocenters. The van der Waals surface area contributed by atoms with Gasteiger partial charge in [0.25, 0.3) is 10.2 Å². The van der Waals surface area contributed by atoms with Crippen LogP contribution in [-0.4, -0.2) is 31.2 Å². The lowest BCUT2D eigenvalue weighted by Crippen LogP contribution is -2.21. The summed E-state index contributed by atoms with van der Waals surface area (Å²) in [5.41, 5.74) is 3.78. The zero-order valence-electron chi connectivity index (χ0n) is 19.6. The van der Waals surface area contributed by atoms with Gasteiger partial charge in [0, 0.05) is 31.1 Å². The number of hydrogen-bond donors (Lipinski definition) is 3. The highest BCUT2D eigenvalue weighted by molar-refractivity contribution is 7.90. The Morgan fingerprint density at radius 1 is 0.917 bits per heavy atom. The van der Waals surface area contributed by atoms with Crippen LogP contribution < -0.4 is 15.2 Å². The van der Waals surface area contributed by atoms with Crippen LogP contribution in [0.1, 0.15) is 12.1 Å². The highest BCUT2D eigenvalue weighted by Crippen LogP contribution is 2.38. The van der Waals surface area contributed by atoms with E-state index >= 15 is 0 Å². The van der Waals surface area contributed by atoms with Gasteiger partial charge in [-0.1, -0.05) is 48.5 Å². The van der Waals surface area contributed by atoms with Crippen molar-refractivity contribution >= 4 is 43.3 Å². The first kappa shape index (κ1) is 23.5. The predicted octanol–water partition coefficient (Wildman–Crippen LogP) is 4.14. The van der Waals surface area contributed by atoms with Gasteiger partial charge in [0.15, 0.2) is 0 Å². The number of hydrogen-bond acceptors (Lipinski definition) is 4. The molecular weight excluding hydrogens is 474 g/mol. The van der Waals surface area contributed by atoms with Crippen LogP contribution in [0.25, 0.3) is 38.5 Å². The van der Waals surface area contributed by atoms with Crippen molar-refractivity contribution in [3.8, 4) is 16.9 Å². The van der Waals surface area contributed by atoms with Crippen molar-refractivity contribution in [1.29, 1.82) is 0 Å². The minimum atomic E-state index is -3.88. The van der Waals surface area contributed by atoms with Gasteiger partial charge in [-0.05, 0) is 57.9 Å². The fourth-order valence-electron chi connectivity index (χ4n) is 4.42. The molecular formula is C27H25N5O3S. The molecule has 0 radical (unpaired) electrons. The molecule has 1 amide bonds. The van der Waals surface area contributed by atoms with Crippen molar-refractivity contribution in [2.24, 2.45) is 5.14 Å². The fraction of sp³-hybridized carbons (Fsp3) is 0.111. The van der Waals surface area contributed by atoms with Gasteiger partial charge in [0.05, 0.1) is 17.1 Å². The molecule has 0 saturated heterocycles. The maximum absolute atomic E-state index is 11.9. The van der Waals surface area contributed by atoms with Crippen LogP contribution in [0.5, 0.6) is 0 Å². The molecule has 0 aliphatic heterocycles. The van der Waals surface area contributed by atoms with E-state index in [-0.39, 0.29) is 5.91 Å². The van der Waals surface area contributed by atoms with Gasteiger partial charge < -0.3 is 5.32 Å². The highest BCUT2D eigenvalue weighted by atomic mass is 32.2. The Labute approximate surface area is 208 Å². The third kappa shape index (κ3) is 4.79. The maximum Gasteiger partial charge on any atom is 0.296 e. The van der Waals surface area contributed by atoms with E-state index in [9.17, 15) is 13.2 Å². The maximum atomic E-state index is 11.9. The smallest absolute Gasteiger partial charge is 0.296 e. The molecule has 36 heavy (non-hydrogen) atoms. The van der Waals surface area contributed by atoms with Crippen LogP contribution in [0.2, 0.25) is 0 Å². The van der Waals surface area contributed by atoms with E-state index in [0.29, 0.717) is 18.5 Å². The number of carbonyl (C=O) groups excluding carboxylic acids is 1. The third-order valence-electron chi connectivity index (χ3n) is 6.05. The van der Waals surface area contributed by atoms with Gasteiger partial charge in [-0.15, -0.1) is 0 Å². The summed E-state index contributed by atoms with van der Waals surface area (Å²) in [6.07, 6.45) is 0.799. The zero-order valence-corrected chi connectivity index (χ0v) is 20.4. The van der Waals surface area contributed by atoms with E-state index in [2.05, 4.69) is 40.4 Å². The highest BCUT2D eigenvalue weighted by Gasteiger charge is 2.18. The van der Waals surface area contributed by atoms with Crippen LogP contribution in [0.15, 0.2) is 84.9 Å². The average molecular weight is 500 g/mol. The molecule has 1 aromatic heterocycles. The summed E-state index contributed by atoms with van der Waals surface area (Å²) in [5, 5.41) is 17.0. The first-order valence-electron chi connectivity index (χ1n) is 11.4. The van der Waals surface area contributed by atoms with Crippen molar-refractivity contribution in [1.82, 2.24) is 15.1 Å². The Balaban J connectivity index is 1.71. The van der Waals surface area contributed by atoms with E-state index in [1.54, 1.807) is 31.3 Å². The first-order chi connectivity index (χ1) is 17.3. The summed E-state index contributed by atoms with van der Waals surface area (Å²) in [6.45, 7) is 0. The molecule has 0 spiro atoms. The summed E-state index contributed by atoms with van der Waals surface area (Å²) < 4.78 is 26.9. The Hall–Kier alpha value is -4.21. The van der Waals surface area contributed by atoms with E-state index < -0.39 is 10.2 Å². The molecule has 0 saturated carbocycles. The summed E-state index contributed by atoms with van der Waals surface area (Å²) in [7, 11) is -2.26. The third-order valence-corrected chi connectivity index (χ3v) is 6.57. The lowest BCUT2D eigenvalue weighted by molar-refractivity contribution is -0.120. The van der Waals surface area contributed by atoms with Crippen molar-refractivity contribution in [3.05, 3.63) is 90.6 Å². The Morgan fingerprint density at radius 3 is 2.11 bits per heavy atom. The molecule has 4 N–H and O–H groups in total. The number of nitrogens with one attached hydrogen (secondary N) is 2. The van der Waals surface area contributed by atoms with Crippen LogP contribution in [0.4, 0.5) is 5.69 Å². The monoisotopic (exact) mass is 499 g/mol. The standard InChI is InChI=1S/C27H25N5O3S/c1-29-26(33)15-12-21-17-25(32(30-21)22-13-10-20(11-14-22)31-36(28,34)35)27-23-8-4-2-6-18(23)16-19-7-3-5-9-24(19)27/h2-11,13-14,16-17,31H,12,15H2,1H3,(H,29,33)(H2,28,34,35). The number of fused-ring (bicyclic) bond motifs is 2. The van der Waals surface area contributed by atoms with Crippen LogP contribution in [-0.2, 0) is 21.4 Å². The van der Waals surface area contributed by atoms with Gasteiger partial charge in [-0.25, -0.2) is 9.82 Å². The van der Waals surface area contributed by atoms with Crippen molar-refractivity contribution in [2.75, 3.05) is 11.8 Å². The number of rotatable bonds is 7. The Morgan fingerprint density at radius 2 is 1.53 bits per heavy atom. The molecule has 0 fully saturated rings. The van der Waals surface area contributed by atoms with Crippen LogP contribution in [0, 0.1) is 0 Å². The van der Waals surface area contributed by atoms with E-state index in [4.69, 9.17) is 10.2 Å². The van der Waals surface area contributed by atoms with Gasteiger partial charge in [0.1, 0.15) is 0 Å². The molecule has 5 aromatic rings. The number of aromatic nitrogens is 2. The second kappa shape index (κ2) is 9.44. The number of nitrogens with two attached hydrogens (primary N) is 1. The number of nitrogens with zero attached hydrogens (tertiary/aromatic N) is 2. The molecule has 5 rings (SSSR count). The fourth-order valence-corrected chi connectivity index (χ4v) is 4.88. The van der Waals surface area contributed by atoms with E-state index in [0.717, 1.165) is 44.2 Å². The molecule has 0 aliphatic rings. The second-order valence-electron chi connectivity index (χ2n) is 8.49. The summed E-state index contributed by atoms with van der Waals surface area (Å²) in [6, 6.07) is 27.5. The van der Waals surface area contributed by atoms with Gasteiger partial charge >= 0.3 is 0 Å². The van der Waals surface area contributed by atoms with Crippen LogP contribution >= 0.6 is 0 Å². The molecule has 0 atom stereocenters. The SMILES string of the molecule is CNC(=O)CCc1cc(-c2c3ccccc3cc3ccccc23)n(-c2ccc(NS(N)(=O)=O)cc2)n1. The average Bonchev–Trinajstić information content (AvgIpc) is 3.29. The number of carbonyl (C=O) groups is 1. The zero-order chi connectivity index (χ0) is 25.3.